The molecular formula is C7H12NO2. The topological polar surface area (TPSA) is 40.5 Å². The van der Waals surface area contributed by atoms with E-state index in [1.165, 1.54) is 6.42 Å². The first-order chi connectivity index (χ1) is 4.84. The van der Waals surface area contributed by atoms with Crippen LogP contribution in [0.15, 0.2) is 0 Å². The maximum absolute atomic E-state index is 10.8. The van der Waals surface area contributed by atoms with Crippen molar-refractivity contribution in [1.82, 2.24) is 4.90 Å². The number of likely N-dealkylation sites (tertiary alicyclic amines) is 1. The molecule has 0 unspecified atom stereocenters. The summed E-state index contributed by atoms with van der Waals surface area (Å²) >= 11 is 0. The van der Waals surface area contributed by atoms with Crippen molar-refractivity contribution in [3.63, 3.8) is 0 Å². The van der Waals surface area contributed by atoms with E-state index in [9.17, 15) is 4.79 Å². The molecule has 1 amide bonds. The van der Waals surface area contributed by atoms with Gasteiger partial charge in [0.15, 0.2) is 6.61 Å². The van der Waals surface area contributed by atoms with Gasteiger partial charge in [0.2, 0.25) is 0 Å². The van der Waals surface area contributed by atoms with Crippen LogP contribution in [0, 0.1) is 6.61 Å². The van der Waals surface area contributed by atoms with Gasteiger partial charge in [0.25, 0.3) is 5.91 Å². The maximum atomic E-state index is 10.8. The summed E-state index contributed by atoms with van der Waals surface area (Å²) in [6, 6.07) is 0. The molecule has 10 heavy (non-hydrogen) atoms. The Kier molecular flexibility index (Phi) is 2.68. The number of piperidine rings is 1. The van der Waals surface area contributed by atoms with E-state index in [-0.39, 0.29) is 5.91 Å². The Hall–Kier alpha value is -0.570. The normalized spacial score (nSPS) is 19.1. The van der Waals surface area contributed by atoms with Crippen molar-refractivity contribution in [3.8, 4) is 0 Å². The summed E-state index contributed by atoms with van der Waals surface area (Å²) in [5, 5.41) is 8.37. The number of amides is 1. The van der Waals surface area contributed by atoms with Crippen LogP contribution < -0.4 is 0 Å². The first kappa shape index (κ1) is 7.54. The molecular weight excluding hydrogens is 130 g/mol. The standard InChI is InChI=1S/C7H12NO2/c9-6-7(10)8-4-2-1-3-5-8/h6,9H,1-5H2. The van der Waals surface area contributed by atoms with Gasteiger partial charge in [-0.05, 0) is 19.3 Å². The van der Waals surface area contributed by atoms with Crippen LogP contribution in [-0.4, -0.2) is 29.0 Å². The highest BCUT2D eigenvalue weighted by molar-refractivity contribution is 5.82. The second kappa shape index (κ2) is 3.56. The van der Waals surface area contributed by atoms with Gasteiger partial charge in [-0.2, -0.15) is 0 Å². The van der Waals surface area contributed by atoms with Crippen LogP contribution in [-0.2, 0) is 4.79 Å². The van der Waals surface area contributed by atoms with Crippen molar-refractivity contribution in [1.29, 1.82) is 0 Å². The molecule has 3 heteroatoms. The van der Waals surface area contributed by atoms with E-state index in [4.69, 9.17) is 5.11 Å². The van der Waals surface area contributed by atoms with Crippen LogP contribution in [0.5, 0.6) is 0 Å². The summed E-state index contributed by atoms with van der Waals surface area (Å²) in [7, 11) is 0. The zero-order chi connectivity index (χ0) is 7.40. The number of hydrogen-bond acceptors (Lipinski definition) is 2. The minimum atomic E-state index is -0.250. The number of carbonyl (C=O) groups excluding carboxylic acids is 1. The Morgan fingerprint density at radius 2 is 1.90 bits per heavy atom. The van der Waals surface area contributed by atoms with Gasteiger partial charge in [-0.15, -0.1) is 0 Å². The summed E-state index contributed by atoms with van der Waals surface area (Å²) in [4.78, 5) is 12.5. The van der Waals surface area contributed by atoms with Crippen LogP contribution in [0.2, 0.25) is 0 Å². The lowest BCUT2D eigenvalue weighted by Gasteiger charge is -2.25. The molecule has 0 bridgehead atoms. The molecule has 1 heterocycles. The summed E-state index contributed by atoms with van der Waals surface area (Å²) in [5.74, 6) is -0.250. The zero-order valence-corrected chi connectivity index (χ0v) is 5.92. The van der Waals surface area contributed by atoms with Gasteiger partial charge in [0.05, 0.1) is 0 Å². The van der Waals surface area contributed by atoms with Crippen molar-refractivity contribution in [2.75, 3.05) is 13.1 Å². The van der Waals surface area contributed by atoms with Crippen molar-refractivity contribution >= 4 is 5.91 Å². The number of nitrogens with zero attached hydrogens (tertiary/aromatic N) is 1. The third-order valence-corrected chi connectivity index (χ3v) is 1.78. The first-order valence-corrected chi connectivity index (χ1v) is 3.61. The monoisotopic (exact) mass is 142 g/mol. The number of aliphatic hydroxyl groups excluding tert-OH is 1. The van der Waals surface area contributed by atoms with Gasteiger partial charge in [-0.1, -0.05) is 0 Å². The second-order valence-corrected chi connectivity index (χ2v) is 2.52. The largest absolute Gasteiger partial charge is 0.380 e. The Bertz CT molecular complexity index is 119. The minimum Gasteiger partial charge on any atom is -0.380 e. The predicted molar refractivity (Wildman–Crippen MR) is 36.7 cm³/mol. The molecule has 1 radical (unpaired) electrons. The molecule has 3 nitrogen and oxygen atoms in total. The molecule has 0 atom stereocenters. The Morgan fingerprint density at radius 3 is 2.40 bits per heavy atom. The van der Waals surface area contributed by atoms with Crippen LogP contribution in [0.3, 0.4) is 0 Å². The molecule has 0 aromatic heterocycles. The minimum absolute atomic E-state index is 0.250. The number of hydrogen-bond donors (Lipinski definition) is 1. The third-order valence-electron chi connectivity index (χ3n) is 1.78. The van der Waals surface area contributed by atoms with Crippen molar-refractivity contribution in [2.24, 2.45) is 0 Å². The lowest BCUT2D eigenvalue weighted by atomic mass is 10.1. The first-order valence-electron chi connectivity index (χ1n) is 3.61. The molecule has 1 N–H and O–H groups in total. The van der Waals surface area contributed by atoms with E-state index in [0.717, 1.165) is 25.9 Å². The Labute approximate surface area is 60.6 Å². The lowest BCUT2D eigenvalue weighted by molar-refractivity contribution is -0.131. The highest BCUT2D eigenvalue weighted by atomic mass is 16.3. The number of carbonyl (C=O) groups is 1. The average molecular weight is 142 g/mol. The zero-order valence-electron chi connectivity index (χ0n) is 5.92. The summed E-state index contributed by atoms with van der Waals surface area (Å²) in [6.45, 7) is 2.25. The Morgan fingerprint density at radius 1 is 1.30 bits per heavy atom. The Balaban J connectivity index is 2.31. The quantitative estimate of drug-likeness (QED) is 0.580. The fourth-order valence-electron chi connectivity index (χ4n) is 1.20. The van der Waals surface area contributed by atoms with Gasteiger partial charge in [-0.3, -0.25) is 4.79 Å². The van der Waals surface area contributed by atoms with Crippen molar-refractivity contribution in [2.45, 2.75) is 19.3 Å². The fourth-order valence-corrected chi connectivity index (χ4v) is 1.20. The molecule has 0 saturated carbocycles. The average Bonchev–Trinajstić information content (AvgIpc) is 2.05. The molecule has 0 aromatic carbocycles. The van der Waals surface area contributed by atoms with Gasteiger partial charge < -0.3 is 10.0 Å². The molecule has 1 aliphatic rings. The smallest absolute Gasteiger partial charge is 0.254 e. The van der Waals surface area contributed by atoms with E-state index in [1.54, 1.807) is 4.90 Å². The van der Waals surface area contributed by atoms with Crippen LogP contribution in [0.4, 0.5) is 0 Å². The number of aliphatic hydroxyl groups is 1. The van der Waals surface area contributed by atoms with Gasteiger partial charge >= 0.3 is 0 Å². The summed E-state index contributed by atoms with van der Waals surface area (Å²) in [6.07, 6.45) is 3.34. The molecule has 57 valence electrons. The molecule has 1 rings (SSSR count). The molecule has 0 spiro atoms. The lowest BCUT2D eigenvalue weighted by Crippen LogP contribution is -2.35. The fraction of sp³-hybridized carbons (Fsp3) is 0.714. The molecule has 1 fully saturated rings. The van der Waals surface area contributed by atoms with Crippen molar-refractivity contribution in [3.05, 3.63) is 6.61 Å². The molecule has 1 aliphatic heterocycles. The van der Waals surface area contributed by atoms with Gasteiger partial charge in [-0.25, -0.2) is 0 Å². The number of rotatable bonds is 1. The second-order valence-electron chi connectivity index (χ2n) is 2.52. The van der Waals surface area contributed by atoms with E-state index >= 15 is 0 Å². The van der Waals surface area contributed by atoms with Gasteiger partial charge in [0.1, 0.15) is 0 Å². The van der Waals surface area contributed by atoms with Crippen LogP contribution in [0.25, 0.3) is 0 Å². The van der Waals surface area contributed by atoms with E-state index in [2.05, 4.69) is 0 Å². The highest BCUT2D eigenvalue weighted by Gasteiger charge is 2.14. The predicted octanol–water partition coefficient (Wildman–Crippen LogP) is 0.533. The molecule has 0 aromatic rings. The van der Waals surface area contributed by atoms with Crippen LogP contribution in [0.1, 0.15) is 19.3 Å². The van der Waals surface area contributed by atoms with Crippen molar-refractivity contribution < 1.29 is 9.90 Å². The summed E-state index contributed by atoms with van der Waals surface area (Å²) < 4.78 is 0. The third kappa shape index (κ3) is 1.70. The van der Waals surface area contributed by atoms with E-state index in [1.807, 2.05) is 0 Å². The molecule has 0 aliphatic carbocycles. The maximum Gasteiger partial charge on any atom is 0.254 e. The highest BCUT2D eigenvalue weighted by Crippen LogP contribution is 2.08. The van der Waals surface area contributed by atoms with E-state index in [0.29, 0.717) is 6.61 Å². The molecule has 1 saturated heterocycles. The summed E-state index contributed by atoms with van der Waals surface area (Å²) in [5.41, 5.74) is 0. The van der Waals surface area contributed by atoms with Crippen LogP contribution >= 0.6 is 0 Å². The van der Waals surface area contributed by atoms with E-state index < -0.39 is 0 Å². The van der Waals surface area contributed by atoms with Gasteiger partial charge in [0, 0.05) is 13.1 Å². The SMILES string of the molecule is O=C([CH]O)N1CCCCC1.